The van der Waals surface area contributed by atoms with Crippen LogP contribution in [0.5, 0.6) is 0 Å². The van der Waals surface area contributed by atoms with E-state index in [2.05, 4.69) is 0 Å². The number of halogens is 2. The maximum absolute atomic E-state index is 15.4. The van der Waals surface area contributed by atoms with Gasteiger partial charge in [0, 0.05) is 18.3 Å². The molecule has 4 aliphatic carbocycles. The van der Waals surface area contributed by atoms with Crippen LogP contribution < -0.4 is 0 Å². The van der Waals surface area contributed by atoms with Gasteiger partial charge in [0.1, 0.15) is 12.8 Å². The number of hydrogen-bond acceptors (Lipinski definition) is 5. The van der Waals surface area contributed by atoms with Crippen molar-refractivity contribution in [1.82, 2.24) is 0 Å². The van der Waals surface area contributed by atoms with Crippen molar-refractivity contribution in [3.05, 3.63) is 23.8 Å². The van der Waals surface area contributed by atoms with Crippen LogP contribution in [0.25, 0.3) is 0 Å². The zero-order chi connectivity index (χ0) is 22.9. The van der Waals surface area contributed by atoms with E-state index in [-0.39, 0.29) is 42.3 Å². The Morgan fingerprint density at radius 1 is 1.29 bits per heavy atom. The molecule has 1 unspecified atom stereocenters. The Bertz CT molecular complexity index is 898. The molecule has 31 heavy (non-hydrogen) atoms. The summed E-state index contributed by atoms with van der Waals surface area (Å²) in [5, 5.41) is 11.4. The van der Waals surface area contributed by atoms with E-state index in [1.807, 2.05) is 13.8 Å². The Morgan fingerprint density at radius 2 is 1.97 bits per heavy atom. The van der Waals surface area contributed by atoms with Crippen molar-refractivity contribution in [1.29, 1.82) is 0 Å². The molecule has 0 bridgehead atoms. The van der Waals surface area contributed by atoms with Crippen molar-refractivity contribution in [3.8, 4) is 0 Å². The lowest BCUT2D eigenvalue weighted by molar-refractivity contribution is -0.152. The van der Waals surface area contributed by atoms with Gasteiger partial charge >= 0.3 is 5.97 Å². The van der Waals surface area contributed by atoms with Gasteiger partial charge in [-0.3, -0.25) is 14.4 Å². The van der Waals surface area contributed by atoms with Crippen LogP contribution in [0.2, 0.25) is 0 Å². The summed E-state index contributed by atoms with van der Waals surface area (Å²) in [4.78, 5) is 35.0. The van der Waals surface area contributed by atoms with Gasteiger partial charge in [0.05, 0.1) is 11.0 Å². The van der Waals surface area contributed by atoms with Crippen molar-refractivity contribution in [2.75, 3.05) is 6.61 Å². The second-order valence-corrected chi connectivity index (χ2v) is 11.0. The Hall–Kier alpha value is -1.53. The monoisotopic (exact) mass is 452 g/mol. The number of esters is 1. The molecule has 9 atom stereocenters. The summed E-state index contributed by atoms with van der Waals surface area (Å²) in [7, 11) is 0. The highest BCUT2D eigenvalue weighted by molar-refractivity contribution is 6.26. The number of carbonyl (C=O) groups is 3. The van der Waals surface area contributed by atoms with E-state index in [1.54, 1.807) is 13.0 Å². The second kappa shape index (κ2) is 7.24. The molecule has 0 aromatic heterocycles. The molecule has 0 aliphatic heterocycles. The van der Waals surface area contributed by atoms with E-state index in [9.17, 15) is 19.5 Å². The quantitative estimate of drug-likeness (QED) is 0.523. The van der Waals surface area contributed by atoms with E-state index in [1.165, 1.54) is 19.1 Å². The number of hydrogen-bond donors (Lipinski definition) is 1. The van der Waals surface area contributed by atoms with E-state index in [0.29, 0.717) is 18.4 Å². The number of carbonyl (C=O) groups excluding carboxylic acids is 3. The number of allylic oxidation sites excluding steroid dienone is 4. The number of rotatable bonds is 3. The molecule has 1 N–H and O–H groups in total. The predicted molar refractivity (Wildman–Crippen MR) is 113 cm³/mol. The van der Waals surface area contributed by atoms with Gasteiger partial charge < -0.3 is 9.84 Å². The van der Waals surface area contributed by atoms with Gasteiger partial charge in [0.2, 0.25) is 0 Å². The average molecular weight is 453 g/mol. The summed E-state index contributed by atoms with van der Waals surface area (Å²) >= 11 is 7.29. The molecule has 7 heteroatoms. The standard InChI is InChI=1S/C24H30ClFO5/c1-12-7-15-16-9-18(26)17-8-14(28)5-6-23(17,4)24(16,25)20(30)10-22(15,3)21(12)19(29)11-31-13(2)27/h5-6,8,12,15-16,18,20-21,30H,7,9-11H2,1-4H3/t12-,15+,16?,18+,20+,21-,22+,23+,24+/m1/s1. The Morgan fingerprint density at radius 3 is 2.61 bits per heavy atom. The Labute approximate surface area is 187 Å². The van der Waals surface area contributed by atoms with E-state index in [4.69, 9.17) is 16.3 Å². The fraction of sp³-hybridized carbons (Fsp3) is 0.708. The SMILES string of the molecule is CC(=O)OCC(=O)[C@H]1[C@H](C)C[C@H]2C3C[C@H](F)C4=CC(=O)C=C[C@]4(C)[C@@]3(Cl)[C@@H](O)C[C@@]21C. The van der Waals surface area contributed by atoms with Crippen LogP contribution >= 0.6 is 11.6 Å². The van der Waals surface area contributed by atoms with Gasteiger partial charge in [-0.25, -0.2) is 4.39 Å². The normalized spacial score (nSPS) is 48.4. The van der Waals surface area contributed by atoms with Gasteiger partial charge in [0.25, 0.3) is 0 Å². The third-order valence-electron chi connectivity index (χ3n) is 8.73. The maximum Gasteiger partial charge on any atom is 0.303 e. The lowest BCUT2D eigenvalue weighted by atomic mass is 9.46. The van der Waals surface area contributed by atoms with Gasteiger partial charge in [-0.05, 0) is 60.2 Å². The topological polar surface area (TPSA) is 80.7 Å². The molecule has 170 valence electrons. The number of ketones is 2. The van der Waals surface area contributed by atoms with Crippen LogP contribution in [0.3, 0.4) is 0 Å². The van der Waals surface area contributed by atoms with Crippen molar-refractivity contribution in [3.63, 3.8) is 0 Å². The van der Waals surface area contributed by atoms with E-state index in [0.717, 1.165) is 0 Å². The fourth-order valence-corrected chi connectivity index (χ4v) is 8.01. The maximum atomic E-state index is 15.4. The van der Waals surface area contributed by atoms with Gasteiger partial charge in [-0.1, -0.05) is 26.8 Å². The second-order valence-electron chi connectivity index (χ2n) is 10.4. The number of fused-ring (bicyclic) bond motifs is 5. The first-order valence-corrected chi connectivity index (χ1v) is 11.4. The molecule has 3 saturated carbocycles. The minimum atomic E-state index is -1.34. The summed E-state index contributed by atoms with van der Waals surface area (Å²) in [6, 6.07) is 0. The molecule has 0 aromatic carbocycles. The zero-order valence-electron chi connectivity index (χ0n) is 18.4. The molecule has 4 aliphatic rings. The number of ether oxygens (including phenoxy) is 1. The number of aliphatic hydroxyl groups excluding tert-OH is 1. The van der Waals surface area contributed by atoms with Crippen molar-refractivity contribution in [2.45, 2.75) is 64.1 Å². The Balaban J connectivity index is 1.74. The lowest BCUT2D eigenvalue weighted by Gasteiger charge is -2.63. The number of alkyl halides is 2. The molecule has 0 aromatic rings. The largest absolute Gasteiger partial charge is 0.458 e. The molecule has 4 rings (SSSR count). The highest BCUT2D eigenvalue weighted by Gasteiger charge is 2.71. The number of Topliss-reactive ketones (excluding diaryl/α,β-unsaturated/α-hetero) is 1. The van der Waals surface area contributed by atoms with Crippen LogP contribution in [0.4, 0.5) is 4.39 Å². The highest BCUT2D eigenvalue weighted by atomic mass is 35.5. The molecule has 0 heterocycles. The molecular formula is C24H30ClFO5. The summed E-state index contributed by atoms with van der Waals surface area (Å²) in [5.74, 6) is -1.79. The first-order chi connectivity index (χ1) is 14.4. The first kappa shape index (κ1) is 22.7. The van der Waals surface area contributed by atoms with Crippen molar-refractivity contribution >= 4 is 29.1 Å². The van der Waals surface area contributed by atoms with Crippen molar-refractivity contribution < 1.29 is 28.6 Å². The van der Waals surface area contributed by atoms with Crippen LogP contribution in [0, 0.1) is 34.5 Å². The molecule has 0 radical (unpaired) electrons. The summed E-state index contributed by atoms with van der Waals surface area (Å²) in [5.41, 5.74) is -1.23. The Kier molecular flexibility index (Phi) is 5.29. The van der Waals surface area contributed by atoms with E-state index >= 15 is 4.39 Å². The van der Waals surface area contributed by atoms with Crippen molar-refractivity contribution in [2.24, 2.45) is 34.5 Å². The smallest absolute Gasteiger partial charge is 0.303 e. The zero-order valence-corrected chi connectivity index (χ0v) is 19.1. The highest BCUT2D eigenvalue weighted by Crippen LogP contribution is 2.70. The minimum Gasteiger partial charge on any atom is -0.458 e. The van der Waals surface area contributed by atoms with E-state index < -0.39 is 39.9 Å². The third-order valence-corrected chi connectivity index (χ3v) is 9.66. The molecule has 0 amide bonds. The first-order valence-electron chi connectivity index (χ1n) is 11.0. The summed E-state index contributed by atoms with van der Waals surface area (Å²) < 4.78 is 20.4. The molecule has 0 spiro atoms. The summed E-state index contributed by atoms with van der Waals surface area (Å²) in [6.45, 7) is 6.75. The van der Waals surface area contributed by atoms with Gasteiger partial charge in [-0.2, -0.15) is 0 Å². The predicted octanol–water partition coefficient (Wildman–Crippen LogP) is 3.57. The van der Waals surface area contributed by atoms with Crippen LogP contribution in [0.15, 0.2) is 23.8 Å². The third kappa shape index (κ3) is 3.01. The van der Waals surface area contributed by atoms with Gasteiger partial charge in [0.15, 0.2) is 11.6 Å². The summed E-state index contributed by atoms with van der Waals surface area (Å²) in [6.07, 6.45) is 3.15. The molecule has 3 fully saturated rings. The minimum absolute atomic E-state index is 0.00411. The van der Waals surface area contributed by atoms with Crippen LogP contribution in [-0.4, -0.2) is 46.4 Å². The fourth-order valence-electron chi connectivity index (χ4n) is 7.52. The number of aliphatic hydroxyl groups is 1. The molecule has 0 saturated heterocycles. The lowest BCUT2D eigenvalue weighted by Crippen LogP contribution is -2.67. The van der Waals surface area contributed by atoms with Crippen LogP contribution in [0.1, 0.15) is 47.0 Å². The van der Waals surface area contributed by atoms with Gasteiger partial charge in [-0.15, -0.1) is 11.6 Å². The molecule has 5 nitrogen and oxygen atoms in total. The molecular weight excluding hydrogens is 423 g/mol. The van der Waals surface area contributed by atoms with Crippen LogP contribution in [-0.2, 0) is 19.1 Å². The average Bonchev–Trinajstić information content (AvgIpc) is 2.94.